The van der Waals surface area contributed by atoms with Gasteiger partial charge >= 0.3 is 5.97 Å². The lowest BCUT2D eigenvalue weighted by Gasteiger charge is -2.64. The molecule has 14 atom stereocenters. The maximum Gasteiger partial charge on any atom is 0.303 e. The standard InChI is InChI=1S/C39H63NO8/c1-22-17-25(33(35(5,6)43)46-23(2)41)47-31-30(22)36(7)13-14-39-21-38(39)12-11-28(48-29-18-40(15-16-45-29)24-19-44-20-24)34(3,4)26(38)9-10-27(39)37(36,8)32(31)42/h22,24-33,42-43H,9-21H2,1-8H3/t22-,25-,26+,27+,28+,29+,30+,31+,32-,33+,36-,37-,38-,39?/m1/s1. The fraction of sp³-hybridized carbons (Fsp3) is 0.974. The SMILES string of the molecule is CC(=O)O[C@@H]([C@H]1C[C@@H](C)[C@H]2[C@H](O1)[C@@H](O)[C@@]1(C)[C@@H]3CC[C@H]4C(C)(C)[C@@H](O[C@H]5CN(C6COC6)CCO5)CC[C@@]45CC35CC[C@]21C)C(C)(C)O. The molecule has 48 heavy (non-hydrogen) atoms. The predicted molar refractivity (Wildman–Crippen MR) is 179 cm³/mol. The van der Waals surface area contributed by atoms with E-state index in [4.69, 9.17) is 23.7 Å². The van der Waals surface area contributed by atoms with Crippen molar-refractivity contribution >= 4 is 5.97 Å². The van der Waals surface area contributed by atoms with E-state index >= 15 is 0 Å². The van der Waals surface area contributed by atoms with E-state index in [1.807, 2.05) is 0 Å². The summed E-state index contributed by atoms with van der Waals surface area (Å²) in [5.41, 5.74) is -0.943. The summed E-state index contributed by atoms with van der Waals surface area (Å²) >= 11 is 0. The third-order valence-corrected chi connectivity index (χ3v) is 16.6. The van der Waals surface area contributed by atoms with Crippen molar-refractivity contribution in [3.63, 3.8) is 0 Å². The summed E-state index contributed by atoms with van der Waals surface area (Å²) in [6.45, 7) is 21.0. The normalized spacial score (nSPS) is 52.1. The molecule has 2 N–H and O–H groups in total. The van der Waals surface area contributed by atoms with Gasteiger partial charge in [-0.05, 0) is 111 Å². The first-order valence-electron chi connectivity index (χ1n) is 19.3. The maximum absolute atomic E-state index is 12.6. The monoisotopic (exact) mass is 673 g/mol. The molecule has 0 aromatic heterocycles. The molecule has 0 bridgehead atoms. The average Bonchev–Trinajstić information content (AvgIpc) is 3.61. The molecule has 5 aliphatic carbocycles. The van der Waals surface area contributed by atoms with Gasteiger partial charge in [0.2, 0.25) is 0 Å². The smallest absolute Gasteiger partial charge is 0.303 e. The van der Waals surface area contributed by atoms with Gasteiger partial charge in [-0.2, -0.15) is 0 Å². The number of ether oxygens (including phenoxy) is 5. The predicted octanol–water partition coefficient (Wildman–Crippen LogP) is 4.94. The second kappa shape index (κ2) is 11.1. The summed E-state index contributed by atoms with van der Waals surface area (Å²) in [5, 5.41) is 23.6. The van der Waals surface area contributed by atoms with E-state index in [0.717, 1.165) is 52.2 Å². The van der Waals surface area contributed by atoms with Crippen molar-refractivity contribution in [2.24, 2.45) is 50.7 Å². The van der Waals surface area contributed by atoms with Crippen molar-refractivity contribution in [1.82, 2.24) is 4.90 Å². The topological polar surface area (TPSA) is 107 Å². The fourth-order valence-corrected chi connectivity index (χ4v) is 14.3. The largest absolute Gasteiger partial charge is 0.457 e. The van der Waals surface area contributed by atoms with Crippen LogP contribution < -0.4 is 0 Å². The average molecular weight is 674 g/mol. The van der Waals surface area contributed by atoms with Crippen LogP contribution in [0.15, 0.2) is 0 Å². The molecule has 272 valence electrons. The van der Waals surface area contributed by atoms with Crippen LogP contribution in [0, 0.1) is 50.7 Å². The van der Waals surface area contributed by atoms with E-state index in [1.165, 1.54) is 32.6 Å². The molecule has 5 saturated carbocycles. The molecule has 0 radical (unpaired) electrons. The van der Waals surface area contributed by atoms with Gasteiger partial charge in [-0.25, -0.2) is 0 Å². The van der Waals surface area contributed by atoms with E-state index in [9.17, 15) is 15.0 Å². The van der Waals surface area contributed by atoms with Gasteiger partial charge in [-0.3, -0.25) is 9.69 Å². The van der Waals surface area contributed by atoms with Crippen LogP contribution in [0.5, 0.6) is 0 Å². The van der Waals surface area contributed by atoms with E-state index in [-0.39, 0.29) is 52.0 Å². The van der Waals surface area contributed by atoms with Crippen LogP contribution in [0.4, 0.5) is 0 Å². The summed E-state index contributed by atoms with van der Waals surface area (Å²) in [6, 6.07) is 0.508. The highest BCUT2D eigenvalue weighted by molar-refractivity contribution is 5.66. The molecule has 8 rings (SSSR count). The van der Waals surface area contributed by atoms with Gasteiger partial charge in [0.05, 0.1) is 62.4 Å². The van der Waals surface area contributed by atoms with Crippen molar-refractivity contribution in [1.29, 1.82) is 0 Å². The van der Waals surface area contributed by atoms with E-state index in [1.54, 1.807) is 13.8 Å². The molecular formula is C39H63NO8. The van der Waals surface area contributed by atoms with Gasteiger partial charge in [0.1, 0.15) is 0 Å². The summed E-state index contributed by atoms with van der Waals surface area (Å²) in [4.78, 5) is 14.6. The molecule has 3 heterocycles. The lowest BCUT2D eigenvalue weighted by molar-refractivity contribution is -0.256. The first-order valence-corrected chi connectivity index (χ1v) is 19.3. The molecule has 8 aliphatic rings. The molecular weight excluding hydrogens is 610 g/mol. The van der Waals surface area contributed by atoms with Crippen molar-refractivity contribution in [2.45, 2.75) is 155 Å². The molecule has 3 saturated heterocycles. The van der Waals surface area contributed by atoms with Crippen LogP contribution in [0.1, 0.15) is 107 Å². The zero-order valence-electron chi connectivity index (χ0n) is 30.8. The van der Waals surface area contributed by atoms with Crippen LogP contribution in [-0.4, -0.2) is 102 Å². The molecule has 0 amide bonds. The second-order valence-electron chi connectivity index (χ2n) is 19.3. The molecule has 9 nitrogen and oxygen atoms in total. The Morgan fingerprint density at radius 3 is 2.40 bits per heavy atom. The highest BCUT2D eigenvalue weighted by Gasteiger charge is 2.84. The lowest BCUT2D eigenvalue weighted by atomic mass is 9.41. The lowest BCUT2D eigenvalue weighted by Crippen LogP contribution is -2.60. The third-order valence-electron chi connectivity index (χ3n) is 16.6. The summed E-state index contributed by atoms with van der Waals surface area (Å²) in [6.07, 6.45) is 6.76. The zero-order valence-corrected chi connectivity index (χ0v) is 30.8. The van der Waals surface area contributed by atoms with Crippen LogP contribution in [0.2, 0.25) is 0 Å². The molecule has 0 aromatic carbocycles. The number of rotatable bonds is 6. The number of nitrogens with zero attached hydrogens (tertiary/aromatic N) is 1. The molecule has 1 unspecified atom stereocenters. The maximum atomic E-state index is 12.6. The van der Waals surface area contributed by atoms with E-state index in [0.29, 0.717) is 29.7 Å². The quantitative estimate of drug-likeness (QED) is 0.379. The molecule has 9 heteroatoms. The Balaban J connectivity index is 1.03. The van der Waals surface area contributed by atoms with E-state index in [2.05, 4.69) is 39.5 Å². The summed E-state index contributed by atoms with van der Waals surface area (Å²) < 4.78 is 31.1. The molecule has 8 fully saturated rings. The van der Waals surface area contributed by atoms with Gasteiger partial charge in [0.15, 0.2) is 12.4 Å². The van der Waals surface area contributed by atoms with Crippen LogP contribution in [0.3, 0.4) is 0 Å². The first-order chi connectivity index (χ1) is 22.5. The zero-order chi connectivity index (χ0) is 34.2. The van der Waals surface area contributed by atoms with Gasteiger partial charge in [0, 0.05) is 18.9 Å². The van der Waals surface area contributed by atoms with Crippen molar-refractivity contribution in [3.8, 4) is 0 Å². The van der Waals surface area contributed by atoms with Crippen molar-refractivity contribution < 1.29 is 38.7 Å². The number of esters is 1. The Kier molecular flexibility index (Phi) is 7.93. The molecule has 3 aliphatic heterocycles. The Labute approximate surface area is 288 Å². The number of aliphatic hydroxyl groups excluding tert-OH is 1. The minimum Gasteiger partial charge on any atom is -0.457 e. The number of carbonyl (C=O) groups excluding carboxylic acids is 1. The van der Waals surface area contributed by atoms with Crippen LogP contribution >= 0.6 is 0 Å². The van der Waals surface area contributed by atoms with Crippen molar-refractivity contribution in [2.75, 3.05) is 32.9 Å². The summed E-state index contributed by atoms with van der Waals surface area (Å²) in [7, 11) is 0. The molecule has 2 spiro atoms. The molecule has 0 aromatic rings. The Morgan fingerprint density at radius 2 is 1.73 bits per heavy atom. The van der Waals surface area contributed by atoms with Gasteiger partial charge in [-0.15, -0.1) is 0 Å². The number of carbonyl (C=O) groups is 1. The Bertz CT molecular complexity index is 1280. The number of hydrogen-bond donors (Lipinski definition) is 2. The summed E-state index contributed by atoms with van der Waals surface area (Å²) in [5.74, 6) is 1.12. The fourth-order valence-electron chi connectivity index (χ4n) is 14.3. The third kappa shape index (κ3) is 4.55. The van der Waals surface area contributed by atoms with Gasteiger partial charge in [-0.1, -0.05) is 34.6 Å². The Morgan fingerprint density at radius 1 is 1.02 bits per heavy atom. The highest BCUT2D eigenvalue weighted by atomic mass is 16.7. The number of aliphatic hydroxyl groups is 2. The first kappa shape index (κ1) is 34.3. The van der Waals surface area contributed by atoms with Gasteiger partial charge < -0.3 is 33.9 Å². The van der Waals surface area contributed by atoms with Crippen molar-refractivity contribution in [3.05, 3.63) is 0 Å². The number of morpholine rings is 1. The van der Waals surface area contributed by atoms with E-state index < -0.39 is 29.9 Å². The second-order valence-corrected chi connectivity index (χ2v) is 19.3. The van der Waals surface area contributed by atoms with Gasteiger partial charge in [0.25, 0.3) is 0 Å². The highest BCUT2D eigenvalue weighted by Crippen LogP contribution is 2.89. The number of fused-ring (bicyclic) bond motifs is 4. The Hall–Kier alpha value is -0.810. The van der Waals surface area contributed by atoms with Crippen LogP contribution in [0.25, 0.3) is 0 Å². The minimum atomic E-state index is -1.25. The minimum absolute atomic E-state index is 0.0504. The van der Waals surface area contributed by atoms with Crippen LogP contribution in [-0.2, 0) is 28.5 Å². The number of hydrogen-bond acceptors (Lipinski definition) is 9.